The molecule has 38 heavy (non-hydrogen) atoms. The van der Waals surface area contributed by atoms with Gasteiger partial charge in [0.15, 0.2) is 0 Å². The molecule has 0 saturated carbocycles. The van der Waals surface area contributed by atoms with E-state index in [9.17, 15) is 13.6 Å². The number of alkyl halides is 2. The predicted molar refractivity (Wildman–Crippen MR) is 137 cm³/mol. The molecular formula is C25H25ClF2N8O2. The highest BCUT2D eigenvalue weighted by Gasteiger charge is 2.24. The van der Waals surface area contributed by atoms with Gasteiger partial charge in [-0.05, 0) is 17.7 Å². The molecule has 0 spiro atoms. The largest absolute Gasteiger partial charge is 0.345 e. The van der Waals surface area contributed by atoms with Crippen LogP contribution in [0.4, 0.5) is 8.78 Å². The first-order valence-electron chi connectivity index (χ1n) is 11.5. The Morgan fingerprint density at radius 3 is 2.55 bits per heavy atom. The summed E-state index contributed by atoms with van der Waals surface area (Å²) in [6, 6.07) is 6.52. The van der Waals surface area contributed by atoms with E-state index in [4.69, 9.17) is 4.52 Å². The van der Waals surface area contributed by atoms with Gasteiger partial charge in [-0.1, -0.05) is 38.1 Å². The number of amides is 1. The fourth-order valence-electron chi connectivity index (χ4n) is 3.86. The van der Waals surface area contributed by atoms with Gasteiger partial charge < -0.3 is 9.84 Å². The molecular weight excluding hydrogens is 518 g/mol. The molecule has 0 saturated heterocycles. The van der Waals surface area contributed by atoms with Crippen molar-refractivity contribution in [3.63, 3.8) is 0 Å². The average Bonchev–Trinajstić information content (AvgIpc) is 3.60. The van der Waals surface area contributed by atoms with E-state index in [1.807, 2.05) is 46.3 Å². The predicted octanol–water partition coefficient (Wildman–Crippen LogP) is 4.77. The molecule has 0 bridgehead atoms. The summed E-state index contributed by atoms with van der Waals surface area (Å²) in [5.41, 5.74) is 3.07. The maximum absolute atomic E-state index is 14.0. The molecule has 5 aromatic rings. The van der Waals surface area contributed by atoms with E-state index >= 15 is 0 Å². The normalized spacial score (nSPS) is 11.7. The van der Waals surface area contributed by atoms with Crippen molar-refractivity contribution >= 4 is 23.8 Å². The third kappa shape index (κ3) is 5.25. The van der Waals surface area contributed by atoms with Gasteiger partial charge in [0.2, 0.25) is 5.89 Å². The fraction of sp³-hybridized carbons (Fsp3) is 0.280. The van der Waals surface area contributed by atoms with Crippen molar-refractivity contribution in [2.24, 2.45) is 7.05 Å². The van der Waals surface area contributed by atoms with Gasteiger partial charge in [0.1, 0.15) is 6.33 Å². The van der Waals surface area contributed by atoms with Crippen molar-refractivity contribution in [2.45, 2.75) is 39.2 Å². The third-order valence-electron chi connectivity index (χ3n) is 5.81. The molecule has 0 aliphatic carbocycles. The monoisotopic (exact) mass is 542 g/mol. The van der Waals surface area contributed by atoms with Gasteiger partial charge >= 0.3 is 0 Å². The second kappa shape index (κ2) is 10.3. The summed E-state index contributed by atoms with van der Waals surface area (Å²) in [5, 5.41) is 14.7. The maximum atomic E-state index is 14.0. The summed E-state index contributed by atoms with van der Waals surface area (Å²) in [4.78, 5) is 20.9. The zero-order valence-corrected chi connectivity index (χ0v) is 21.8. The van der Waals surface area contributed by atoms with Gasteiger partial charge in [-0.25, -0.2) is 18.3 Å². The van der Waals surface area contributed by atoms with Crippen LogP contribution in [0.25, 0.3) is 27.9 Å². The van der Waals surface area contributed by atoms with Gasteiger partial charge in [0, 0.05) is 53.7 Å². The molecule has 1 aromatic carbocycles. The van der Waals surface area contributed by atoms with Crippen LogP contribution in [0.1, 0.15) is 54.8 Å². The van der Waals surface area contributed by atoms with Gasteiger partial charge in [-0.2, -0.15) is 15.2 Å². The molecule has 1 N–H and O–H groups in total. The number of carbonyl (C=O) groups excluding carboxylic acids is 1. The molecule has 5 rings (SSSR count). The minimum atomic E-state index is -2.76. The third-order valence-corrected chi connectivity index (χ3v) is 5.81. The Kier molecular flexibility index (Phi) is 7.27. The van der Waals surface area contributed by atoms with Gasteiger partial charge in [0.25, 0.3) is 18.2 Å². The van der Waals surface area contributed by atoms with E-state index in [2.05, 4.69) is 30.6 Å². The first-order valence-corrected chi connectivity index (χ1v) is 11.5. The first kappa shape index (κ1) is 26.9. The number of nitrogens with one attached hydrogen (secondary N) is 1. The molecule has 0 aliphatic heterocycles. The standard InChI is InChI=1S/C25H24F2N8O2.ClH/c1-25(2,3)24-32-22(33-37-24)23(36)28-9-15-6-5-14(7-18(15)21(26)27)20-19-8-16(12-35(19)31-13-29-20)17-10-30-34(4)11-17;/h5-8,10-13,21H,9H2,1-4H3,(H,28,36);1H. The van der Waals surface area contributed by atoms with Gasteiger partial charge in [-0.15, -0.1) is 12.4 Å². The summed E-state index contributed by atoms with van der Waals surface area (Å²) in [5.74, 6) is -0.457. The average molecular weight is 543 g/mol. The summed E-state index contributed by atoms with van der Waals surface area (Å²) >= 11 is 0. The number of hydrogen-bond donors (Lipinski definition) is 1. The second-order valence-corrected chi connectivity index (χ2v) is 9.64. The minimum Gasteiger partial charge on any atom is -0.345 e. The lowest BCUT2D eigenvalue weighted by Crippen LogP contribution is -2.25. The fourth-order valence-corrected chi connectivity index (χ4v) is 3.86. The molecule has 0 fully saturated rings. The van der Waals surface area contributed by atoms with Crippen molar-refractivity contribution in [3.05, 3.63) is 72.0 Å². The van der Waals surface area contributed by atoms with Crippen molar-refractivity contribution in [1.29, 1.82) is 0 Å². The van der Waals surface area contributed by atoms with Gasteiger partial charge in [-0.3, -0.25) is 9.48 Å². The van der Waals surface area contributed by atoms with E-state index in [0.29, 0.717) is 22.7 Å². The number of benzene rings is 1. The Hall–Kier alpha value is -4.19. The smallest absolute Gasteiger partial charge is 0.292 e. The van der Waals surface area contributed by atoms with Crippen LogP contribution in [-0.2, 0) is 19.0 Å². The van der Waals surface area contributed by atoms with Crippen LogP contribution in [0.15, 0.2) is 53.7 Å². The van der Waals surface area contributed by atoms with Crippen molar-refractivity contribution in [2.75, 3.05) is 0 Å². The molecule has 0 radical (unpaired) electrons. The van der Waals surface area contributed by atoms with Crippen LogP contribution in [0, 0.1) is 0 Å². The number of aromatic nitrogens is 7. The molecule has 4 aromatic heterocycles. The molecule has 4 heterocycles. The van der Waals surface area contributed by atoms with Gasteiger partial charge in [0.05, 0.1) is 17.4 Å². The molecule has 0 atom stereocenters. The Morgan fingerprint density at radius 2 is 1.89 bits per heavy atom. The van der Waals surface area contributed by atoms with Crippen molar-refractivity contribution in [1.82, 2.24) is 39.8 Å². The summed E-state index contributed by atoms with van der Waals surface area (Å²) in [6.45, 7) is 5.49. The number of fused-ring (bicyclic) bond motifs is 1. The Morgan fingerprint density at radius 1 is 1.11 bits per heavy atom. The van der Waals surface area contributed by atoms with Crippen LogP contribution >= 0.6 is 12.4 Å². The molecule has 0 unspecified atom stereocenters. The lowest BCUT2D eigenvalue weighted by molar-refractivity contribution is 0.0935. The topological polar surface area (TPSA) is 116 Å². The number of nitrogens with zero attached hydrogens (tertiary/aromatic N) is 7. The molecule has 10 nitrogen and oxygen atoms in total. The highest BCUT2D eigenvalue weighted by Crippen LogP contribution is 2.32. The highest BCUT2D eigenvalue weighted by atomic mass is 35.5. The Labute approximate surface area is 222 Å². The van der Waals surface area contributed by atoms with Crippen molar-refractivity contribution < 1.29 is 18.1 Å². The van der Waals surface area contributed by atoms with E-state index in [1.165, 1.54) is 12.4 Å². The molecule has 0 aliphatic rings. The molecule has 1 amide bonds. The number of aryl methyl sites for hydroxylation is 1. The zero-order chi connectivity index (χ0) is 26.3. The lowest BCUT2D eigenvalue weighted by Gasteiger charge is -2.12. The molecule has 198 valence electrons. The Balaban J connectivity index is 0.00000336. The lowest BCUT2D eigenvalue weighted by atomic mass is 9.97. The number of rotatable bonds is 6. The summed E-state index contributed by atoms with van der Waals surface area (Å²) < 4.78 is 36.6. The SMILES string of the molecule is Cl.Cn1cc(-c2cc3c(-c4ccc(CNC(=O)c5noc(C(C)(C)C)n5)c(C(F)F)c4)ncnn3c2)cn1. The van der Waals surface area contributed by atoms with E-state index in [-0.39, 0.29) is 35.9 Å². The second-order valence-electron chi connectivity index (χ2n) is 9.64. The van der Waals surface area contributed by atoms with Crippen LogP contribution < -0.4 is 5.32 Å². The quantitative estimate of drug-likeness (QED) is 0.328. The first-order chi connectivity index (χ1) is 17.6. The summed E-state index contributed by atoms with van der Waals surface area (Å²) in [6.07, 6.45) is 4.05. The Bertz CT molecular complexity index is 1600. The zero-order valence-electron chi connectivity index (χ0n) is 21.0. The minimum absolute atomic E-state index is 0. The van der Waals surface area contributed by atoms with Crippen molar-refractivity contribution in [3.8, 4) is 22.4 Å². The van der Waals surface area contributed by atoms with E-state index < -0.39 is 17.7 Å². The maximum Gasteiger partial charge on any atom is 0.292 e. The van der Waals surface area contributed by atoms with E-state index in [0.717, 1.165) is 11.1 Å². The van der Waals surface area contributed by atoms with Crippen LogP contribution in [-0.4, -0.2) is 40.4 Å². The number of halogens is 3. The van der Waals surface area contributed by atoms with Crippen LogP contribution in [0.3, 0.4) is 0 Å². The molecule has 13 heteroatoms. The van der Waals surface area contributed by atoms with Crippen LogP contribution in [0.2, 0.25) is 0 Å². The highest BCUT2D eigenvalue weighted by molar-refractivity contribution is 5.90. The number of hydrogen-bond acceptors (Lipinski definition) is 7. The number of carbonyl (C=O) groups is 1. The summed E-state index contributed by atoms with van der Waals surface area (Å²) in [7, 11) is 1.83. The van der Waals surface area contributed by atoms with Crippen LogP contribution in [0.5, 0.6) is 0 Å². The van der Waals surface area contributed by atoms with E-state index in [1.54, 1.807) is 27.5 Å².